The molecule has 0 radical (unpaired) electrons. The number of fused-ring (bicyclic) bond motifs is 4. The molecule has 120 valence electrons. The van der Waals surface area contributed by atoms with E-state index in [0.29, 0.717) is 33.5 Å². The summed E-state index contributed by atoms with van der Waals surface area (Å²) >= 11 is 1.41. The maximum absolute atomic E-state index is 13.6. The summed E-state index contributed by atoms with van der Waals surface area (Å²) in [6.45, 7) is 2.55. The summed E-state index contributed by atoms with van der Waals surface area (Å²) in [6, 6.07) is 11.8. The molecule has 5 heteroatoms. The fourth-order valence-corrected chi connectivity index (χ4v) is 3.92. The third-order valence-corrected chi connectivity index (χ3v) is 5.04. The molecule has 0 bridgehead atoms. The third kappa shape index (κ3) is 2.32. The Balaban J connectivity index is 2.21. The minimum absolute atomic E-state index is 0.182. The molecule has 0 atom stereocenters. The number of halogens is 1. The van der Waals surface area contributed by atoms with Crippen LogP contribution in [0, 0.1) is 5.82 Å². The number of para-hydroxylation sites is 1. The first kappa shape index (κ1) is 15.0. The molecule has 4 aromatic rings. The lowest BCUT2D eigenvalue weighted by atomic mass is 10.1. The zero-order chi connectivity index (χ0) is 16.7. The van der Waals surface area contributed by atoms with Gasteiger partial charge in [0, 0.05) is 15.5 Å². The summed E-state index contributed by atoms with van der Waals surface area (Å²) < 4.78 is 20.8. The molecule has 0 saturated carbocycles. The van der Waals surface area contributed by atoms with Crippen LogP contribution in [0.3, 0.4) is 0 Å². The van der Waals surface area contributed by atoms with Crippen molar-refractivity contribution in [2.24, 2.45) is 0 Å². The number of hydrogen-bond acceptors (Lipinski definition) is 4. The molecule has 2 heterocycles. The fourth-order valence-electron chi connectivity index (χ4n) is 2.80. The van der Waals surface area contributed by atoms with Gasteiger partial charge in [-0.05, 0) is 30.7 Å². The zero-order valence-electron chi connectivity index (χ0n) is 13.0. The Morgan fingerprint density at radius 3 is 2.83 bits per heavy atom. The van der Waals surface area contributed by atoms with E-state index >= 15 is 0 Å². The molecular formula is C19H14FNO2S. The van der Waals surface area contributed by atoms with Gasteiger partial charge in [0.15, 0.2) is 5.43 Å². The van der Waals surface area contributed by atoms with Crippen molar-refractivity contribution < 1.29 is 9.13 Å². The average molecular weight is 339 g/mol. The van der Waals surface area contributed by atoms with Crippen LogP contribution in [-0.2, 0) is 0 Å². The Morgan fingerprint density at radius 1 is 1.17 bits per heavy atom. The minimum Gasteiger partial charge on any atom is -0.477 e. The second-order valence-electron chi connectivity index (χ2n) is 5.56. The van der Waals surface area contributed by atoms with E-state index in [-0.39, 0.29) is 5.43 Å². The predicted molar refractivity (Wildman–Crippen MR) is 96.6 cm³/mol. The topological polar surface area (TPSA) is 39.2 Å². The van der Waals surface area contributed by atoms with Gasteiger partial charge < -0.3 is 4.74 Å². The molecule has 0 saturated heterocycles. The first-order valence-corrected chi connectivity index (χ1v) is 8.58. The standard InChI is InChI=1S/C19H14FNO2S/c1-2-9-23-19-18-16(12-5-3-4-6-14(12)21-19)17(22)13-10-11(20)7-8-15(13)24-18/h3-8,10H,2,9H2,1H3. The summed E-state index contributed by atoms with van der Waals surface area (Å²) in [5.41, 5.74) is 0.523. The van der Waals surface area contributed by atoms with Gasteiger partial charge in [-0.25, -0.2) is 9.37 Å². The van der Waals surface area contributed by atoms with Crippen molar-refractivity contribution >= 4 is 42.4 Å². The lowest BCUT2D eigenvalue weighted by Gasteiger charge is -2.10. The summed E-state index contributed by atoms with van der Waals surface area (Å²) in [4.78, 5) is 17.6. The van der Waals surface area contributed by atoms with Gasteiger partial charge in [0.2, 0.25) is 5.88 Å². The number of nitrogens with zero attached hydrogens (tertiary/aromatic N) is 1. The van der Waals surface area contributed by atoms with E-state index in [1.807, 2.05) is 31.2 Å². The van der Waals surface area contributed by atoms with Crippen LogP contribution in [0.25, 0.3) is 31.1 Å². The monoisotopic (exact) mass is 339 g/mol. The van der Waals surface area contributed by atoms with Crippen molar-refractivity contribution in [1.29, 1.82) is 0 Å². The maximum atomic E-state index is 13.6. The van der Waals surface area contributed by atoms with Crippen LogP contribution < -0.4 is 10.2 Å². The van der Waals surface area contributed by atoms with Crippen molar-refractivity contribution in [2.75, 3.05) is 6.61 Å². The highest BCUT2D eigenvalue weighted by Crippen LogP contribution is 2.35. The normalized spacial score (nSPS) is 11.4. The highest BCUT2D eigenvalue weighted by Gasteiger charge is 2.16. The number of benzene rings is 2. The van der Waals surface area contributed by atoms with Gasteiger partial charge in [-0.2, -0.15) is 0 Å². The van der Waals surface area contributed by atoms with Gasteiger partial charge in [-0.3, -0.25) is 4.79 Å². The fraction of sp³-hybridized carbons (Fsp3) is 0.158. The van der Waals surface area contributed by atoms with E-state index in [1.54, 1.807) is 6.07 Å². The number of aromatic nitrogens is 1. The Labute approximate surface area is 141 Å². The highest BCUT2D eigenvalue weighted by atomic mass is 32.1. The first-order chi connectivity index (χ1) is 11.7. The molecule has 4 rings (SSSR count). The van der Waals surface area contributed by atoms with E-state index in [2.05, 4.69) is 4.98 Å². The van der Waals surface area contributed by atoms with Crippen LogP contribution in [0.2, 0.25) is 0 Å². The molecule has 0 aliphatic heterocycles. The summed E-state index contributed by atoms with van der Waals surface area (Å²) in [7, 11) is 0. The molecular weight excluding hydrogens is 325 g/mol. The van der Waals surface area contributed by atoms with E-state index in [4.69, 9.17) is 4.74 Å². The number of rotatable bonds is 3. The van der Waals surface area contributed by atoms with E-state index in [1.165, 1.54) is 23.5 Å². The SMILES string of the molecule is CCCOc1nc2ccccc2c2c(=O)c3cc(F)ccc3sc12. The van der Waals surface area contributed by atoms with E-state index in [0.717, 1.165) is 16.5 Å². The highest BCUT2D eigenvalue weighted by molar-refractivity contribution is 7.25. The van der Waals surface area contributed by atoms with Crippen LogP contribution >= 0.6 is 11.3 Å². The summed E-state index contributed by atoms with van der Waals surface area (Å²) in [5.74, 6) is 0.0610. The summed E-state index contributed by atoms with van der Waals surface area (Å²) in [5, 5.41) is 1.71. The molecule has 3 nitrogen and oxygen atoms in total. The Hall–Kier alpha value is -2.53. The minimum atomic E-state index is -0.410. The van der Waals surface area contributed by atoms with Crippen LogP contribution in [-0.4, -0.2) is 11.6 Å². The molecule has 0 spiro atoms. The second kappa shape index (κ2) is 5.83. The molecule has 2 aromatic heterocycles. The van der Waals surface area contributed by atoms with Crippen molar-refractivity contribution in [2.45, 2.75) is 13.3 Å². The van der Waals surface area contributed by atoms with Gasteiger partial charge in [-0.15, -0.1) is 11.3 Å². The van der Waals surface area contributed by atoms with E-state index < -0.39 is 5.82 Å². The lowest BCUT2D eigenvalue weighted by molar-refractivity contribution is 0.311. The number of hydrogen-bond donors (Lipinski definition) is 0. The van der Waals surface area contributed by atoms with Gasteiger partial charge >= 0.3 is 0 Å². The van der Waals surface area contributed by atoms with Crippen molar-refractivity contribution in [3.63, 3.8) is 0 Å². The Morgan fingerprint density at radius 2 is 2.00 bits per heavy atom. The molecule has 0 unspecified atom stereocenters. The van der Waals surface area contributed by atoms with Crippen molar-refractivity contribution in [3.8, 4) is 5.88 Å². The molecule has 0 aliphatic carbocycles. The second-order valence-corrected chi connectivity index (χ2v) is 6.61. The molecule has 24 heavy (non-hydrogen) atoms. The first-order valence-electron chi connectivity index (χ1n) is 7.76. The Bertz CT molecular complexity index is 1140. The largest absolute Gasteiger partial charge is 0.477 e. The van der Waals surface area contributed by atoms with Gasteiger partial charge in [0.25, 0.3) is 0 Å². The van der Waals surface area contributed by atoms with Crippen LogP contribution in [0.1, 0.15) is 13.3 Å². The molecule has 0 aliphatic rings. The quantitative estimate of drug-likeness (QED) is 0.394. The molecule has 2 aromatic carbocycles. The van der Waals surface area contributed by atoms with Gasteiger partial charge in [0.1, 0.15) is 10.5 Å². The number of pyridine rings is 1. The van der Waals surface area contributed by atoms with Crippen molar-refractivity contribution in [3.05, 3.63) is 58.5 Å². The molecule has 0 fully saturated rings. The van der Waals surface area contributed by atoms with Crippen LogP contribution in [0.4, 0.5) is 4.39 Å². The van der Waals surface area contributed by atoms with Gasteiger partial charge in [0.05, 0.1) is 17.5 Å². The van der Waals surface area contributed by atoms with Crippen molar-refractivity contribution in [1.82, 2.24) is 4.98 Å². The van der Waals surface area contributed by atoms with E-state index in [9.17, 15) is 9.18 Å². The predicted octanol–water partition coefficient (Wildman–Crippen LogP) is 4.89. The molecule has 0 N–H and O–H groups in total. The van der Waals surface area contributed by atoms with Gasteiger partial charge in [-0.1, -0.05) is 25.1 Å². The maximum Gasteiger partial charge on any atom is 0.232 e. The number of ether oxygens (including phenoxy) is 1. The molecule has 0 amide bonds. The zero-order valence-corrected chi connectivity index (χ0v) is 13.8. The smallest absolute Gasteiger partial charge is 0.232 e. The summed E-state index contributed by atoms with van der Waals surface area (Å²) in [6.07, 6.45) is 0.851. The third-order valence-electron chi connectivity index (χ3n) is 3.88. The van der Waals surface area contributed by atoms with Crippen LogP contribution in [0.5, 0.6) is 5.88 Å². The van der Waals surface area contributed by atoms with Crippen LogP contribution in [0.15, 0.2) is 47.3 Å². The Kier molecular flexibility index (Phi) is 3.65. The average Bonchev–Trinajstić information content (AvgIpc) is 2.60. The lowest BCUT2D eigenvalue weighted by Crippen LogP contribution is -2.05.